The SMILES string of the molecule is CCc1c(-c2ccc3c(c2)c(C#N)c(N2CCC(C)C2)n3C)nc(OCc2ccccc2)c(C(=O)O)c1OCc1ccccc1. The van der Waals surface area contributed by atoms with E-state index in [1.54, 1.807) is 0 Å². The van der Waals surface area contributed by atoms with Crippen LogP contribution in [0.15, 0.2) is 78.9 Å². The average Bonchev–Trinajstić information content (AvgIpc) is 3.61. The van der Waals surface area contributed by atoms with Crippen LogP contribution in [0.2, 0.25) is 0 Å². The summed E-state index contributed by atoms with van der Waals surface area (Å²) >= 11 is 0. The fourth-order valence-corrected chi connectivity index (χ4v) is 6.24. The molecule has 3 heterocycles. The standard InChI is InChI=1S/C37H36N4O4/c1-4-28-33(27-15-16-31-29(19-27)30(20-38)36(40(31)3)41-18-17-24(2)21-41)39-35(45-23-26-13-9-6-10-14-26)32(37(42)43)34(28)44-22-25-11-7-5-8-12-25/h5-16,19,24H,4,17-18,21-23H2,1-3H3,(H,42,43). The topological polar surface area (TPSA) is 101 Å². The Kier molecular flexibility index (Phi) is 8.43. The van der Waals surface area contributed by atoms with Crippen LogP contribution in [-0.2, 0) is 26.7 Å². The number of rotatable bonds is 10. The first-order valence-electron chi connectivity index (χ1n) is 15.3. The Morgan fingerprint density at radius 3 is 2.27 bits per heavy atom. The summed E-state index contributed by atoms with van der Waals surface area (Å²) in [7, 11) is 2.00. The smallest absolute Gasteiger partial charge is 0.345 e. The number of hydrogen-bond acceptors (Lipinski definition) is 6. The number of nitrogens with zero attached hydrogens (tertiary/aromatic N) is 4. The number of ether oxygens (including phenoxy) is 2. The minimum absolute atomic E-state index is 0.0120. The summed E-state index contributed by atoms with van der Waals surface area (Å²) in [6.07, 6.45) is 1.56. The van der Waals surface area contributed by atoms with E-state index in [-0.39, 0.29) is 30.4 Å². The van der Waals surface area contributed by atoms with Gasteiger partial charge in [0.25, 0.3) is 0 Å². The summed E-state index contributed by atoms with van der Waals surface area (Å²) in [6.45, 7) is 6.35. The van der Waals surface area contributed by atoms with E-state index < -0.39 is 5.97 Å². The van der Waals surface area contributed by atoms with E-state index in [2.05, 4.69) is 22.5 Å². The molecule has 1 N–H and O–H groups in total. The van der Waals surface area contributed by atoms with Crippen molar-refractivity contribution in [2.24, 2.45) is 13.0 Å². The van der Waals surface area contributed by atoms with Gasteiger partial charge in [-0.25, -0.2) is 9.78 Å². The summed E-state index contributed by atoms with van der Waals surface area (Å²) in [4.78, 5) is 19.9. The van der Waals surface area contributed by atoms with Crippen molar-refractivity contribution in [3.8, 4) is 29.0 Å². The number of carboxylic acid groups (broad SMARTS) is 1. The number of fused-ring (bicyclic) bond motifs is 1. The predicted octanol–water partition coefficient (Wildman–Crippen LogP) is 7.38. The van der Waals surface area contributed by atoms with Crippen molar-refractivity contribution in [3.63, 3.8) is 0 Å². The van der Waals surface area contributed by atoms with Crippen molar-refractivity contribution in [2.45, 2.75) is 39.9 Å². The predicted molar refractivity (Wildman–Crippen MR) is 175 cm³/mol. The largest absolute Gasteiger partial charge is 0.487 e. The molecule has 1 fully saturated rings. The molecule has 228 valence electrons. The molecule has 1 aliphatic heterocycles. The molecule has 2 aromatic heterocycles. The van der Waals surface area contributed by atoms with Gasteiger partial charge in [0, 0.05) is 36.7 Å². The minimum Gasteiger partial charge on any atom is -0.487 e. The molecule has 0 spiro atoms. The normalized spacial score (nSPS) is 14.4. The zero-order valence-electron chi connectivity index (χ0n) is 25.8. The number of nitriles is 1. The molecule has 45 heavy (non-hydrogen) atoms. The van der Waals surface area contributed by atoms with Crippen LogP contribution in [0.3, 0.4) is 0 Å². The Hall–Kier alpha value is -5.29. The highest BCUT2D eigenvalue weighted by molar-refractivity contribution is 5.98. The number of carboxylic acids is 1. The molecule has 6 rings (SSSR count). The minimum atomic E-state index is -1.18. The first kappa shape index (κ1) is 29.8. The van der Waals surface area contributed by atoms with E-state index in [0.717, 1.165) is 52.9 Å². The third kappa shape index (κ3) is 5.82. The van der Waals surface area contributed by atoms with E-state index in [9.17, 15) is 15.2 Å². The van der Waals surface area contributed by atoms with Gasteiger partial charge in [-0.15, -0.1) is 0 Å². The molecular formula is C37H36N4O4. The Balaban J connectivity index is 1.51. The van der Waals surface area contributed by atoms with Crippen molar-refractivity contribution < 1.29 is 19.4 Å². The second-order valence-corrected chi connectivity index (χ2v) is 11.6. The van der Waals surface area contributed by atoms with Gasteiger partial charge in [0.05, 0.1) is 11.2 Å². The van der Waals surface area contributed by atoms with Gasteiger partial charge in [-0.1, -0.05) is 80.6 Å². The van der Waals surface area contributed by atoms with Gasteiger partial charge in [-0.05, 0) is 42.0 Å². The number of hydrogen-bond donors (Lipinski definition) is 1. The highest BCUT2D eigenvalue weighted by atomic mass is 16.5. The lowest BCUT2D eigenvalue weighted by atomic mass is 9.98. The lowest BCUT2D eigenvalue weighted by Gasteiger charge is -2.20. The second-order valence-electron chi connectivity index (χ2n) is 11.6. The zero-order chi connectivity index (χ0) is 31.5. The molecule has 0 saturated carbocycles. The molecule has 0 amide bonds. The van der Waals surface area contributed by atoms with Crippen molar-refractivity contribution in [1.82, 2.24) is 9.55 Å². The Labute approximate surface area is 263 Å². The fourth-order valence-electron chi connectivity index (χ4n) is 6.24. The van der Waals surface area contributed by atoms with Crippen molar-refractivity contribution in [2.75, 3.05) is 18.0 Å². The molecule has 1 unspecified atom stereocenters. The number of anilines is 1. The highest BCUT2D eigenvalue weighted by Gasteiger charge is 2.29. The summed E-state index contributed by atoms with van der Waals surface area (Å²) < 4.78 is 14.6. The van der Waals surface area contributed by atoms with Crippen LogP contribution in [0.5, 0.6) is 11.6 Å². The van der Waals surface area contributed by atoms with Crippen LogP contribution in [0.25, 0.3) is 22.2 Å². The Morgan fingerprint density at radius 2 is 1.69 bits per heavy atom. The van der Waals surface area contributed by atoms with E-state index in [0.29, 0.717) is 29.2 Å². The monoisotopic (exact) mass is 600 g/mol. The molecule has 1 atom stereocenters. The number of aromatic nitrogens is 2. The Morgan fingerprint density at radius 1 is 1.02 bits per heavy atom. The Bertz CT molecular complexity index is 1890. The summed E-state index contributed by atoms with van der Waals surface area (Å²) in [6, 6.07) is 27.6. The summed E-state index contributed by atoms with van der Waals surface area (Å²) in [5.41, 5.74) is 5.26. The number of pyridine rings is 1. The van der Waals surface area contributed by atoms with Gasteiger partial charge in [0.1, 0.15) is 36.4 Å². The summed E-state index contributed by atoms with van der Waals surface area (Å²) in [5.74, 6) is 0.546. The molecule has 1 saturated heterocycles. The lowest BCUT2D eigenvalue weighted by Crippen LogP contribution is -2.22. The molecule has 0 bridgehead atoms. The fraction of sp³-hybridized carbons (Fsp3) is 0.270. The van der Waals surface area contributed by atoms with Gasteiger partial charge < -0.3 is 24.0 Å². The number of carbonyl (C=O) groups is 1. The maximum absolute atomic E-state index is 12.8. The van der Waals surface area contributed by atoms with Gasteiger partial charge in [-0.2, -0.15) is 5.26 Å². The van der Waals surface area contributed by atoms with E-state index in [4.69, 9.17) is 14.5 Å². The maximum Gasteiger partial charge on any atom is 0.345 e. The first-order chi connectivity index (χ1) is 21.9. The van der Waals surface area contributed by atoms with E-state index in [1.165, 1.54) is 0 Å². The van der Waals surface area contributed by atoms with Gasteiger partial charge in [-0.3, -0.25) is 0 Å². The molecular weight excluding hydrogens is 564 g/mol. The van der Waals surface area contributed by atoms with Crippen LogP contribution >= 0.6 is 0 Å². The van der Waals surface area contributed by atoms with Crippen LogP contribution < -0.4 is 14.4 Å². The molecule has 5 aromatic rings. The van der Waals surface area contributed by atoms with Crippen LogP contribution in [0.4, 0.5) is 5.82 Å². The average molecular weight is 601 g/mol. The maximum atomic E-state index is 12.8. The van der Waals surface area contributed by atoms with Crippen molar-refractivity contribution in [3.05, 3.63) is 107 Å². The van der Waals surface area contributed by atoms with Crippen LogP contribution in [0.1, 0.15) is 52.9 Å². The van der Waals surface area contributed by atoms with Crippen LogP contribution in [0, 0.1) is 17.2 Å². The van der Waals surface area contributed by atoms with Crippen LogP contribution in [-0.4, -0.2) is 33.7 Å². The third-order valence-electron chi connectivity index (χ3n) is 8.50. The van der Waals surface area contributed by atoms with E-state index >= 15 is 0 Å². The lowest BCUT2D eigenvalue weighted by molar-refractivity contribution is 0.0684. The third-order valence-corrected chi connectivity index (χ3v) is 8.50. The quantitative estimate of drug-likeness (QED) is 0.179. The number of aromatic carboxylic acids is 1. The van der Waals surface area contributed by atoms with Crippen molar-refractivity contribution >= 4 is 22.7 Å². The van der Waals surface area contributed by atoms with Gasteiger partial charge >= 0.3 is 5.97 Å². The molecule has 0 aliphatic carbocycles. The number of aryl methyl sites for hydroxylation is 1. The molecule has 3 aromatic carbocycles. The zero-order valence-corrected chi connectivity index (χ0v) is 25.8. The molecule has 8 nitrogen and oxygen atoms in total. The van der Waals surface area contributed by atoms with Crippen molar-refractivity contribution in [1.29, 1.82) is 5.26 Å². The molecule has 0 radical (unpaired) electrons. The first-order valence-corrected chi connectivity index (χ1v) is 15.3. The van der Waals surface area contributed by atoms with Gasteiger partial charge in [0.15, 0.2) is 5.56 Å². The summed E-state index contributed by atoms with van der Waals surface area (Å²) in [5, 5.41) is 21.6. The number of benzene rings is 3. The molecule has 1 aliphatic rings. The van der Waals surface area contributed by atoms with E-state index in [1.807, 2.05) is 92.8 Å². The second kappa shape index (κ2) is 12.7. The highest BCUT2D eigenvalue weighted by Crippen LogP contribution is 2.41. The molecule has 8 heteroatoms. The van der Waals surface area contributed by atoms with Gasteiger partial charge in [0.2, 0.25) is 5.88 Å².